The van der Waals surface area contributed by atoms with Crippen molar-refractivity contribution in [2.75, 3.05) is 20.1 Å². The molecule has 0 aromatic heterocycles. The fraction of sp³-hybridized carbons (Fsp3) is 0.294. The fourth-order valence-electron chi connectivity index (χ4n) is 3.02. The van der Waals surface area contributed by atoms with Crippen LogP contribution in [0.3, 0.4) is 0 Å². The normalized spacial score (nSPS) is 23.1. The third-order valence-corrected chi connectivity index (χ3v) is 4.05. The summed E-state index contributed by atoms with van der Waals surface area (Å²) in [7, 11) is 2.01. The maximum atomic E-state index is 11.3. The molecule has 0 aliphatic carbocycles. The molecule has 0 bridgehead atoms. The van der Waals surface area contributed by atoms with Gasteiger partial charge in [-0.3, -0.25) is 0 Å². The first-order chi connectivity index (χ1) is 9.59. The molecule has 1 unspecified atom stereocenters. The average molecular weight is 269 g/mol. The van der Waals surface area contributed by atoms with E-state index in [1.54, 1.807) is 18.2 Å². The van der Waals surface area contributed by atoms with Crippen LogP contribution >= 0.6 is 0 Å². The highest BCUT2D eigenvalue weighted by atomic mass is 16.3. The van der Waals surface area contributed by atoms with Crippen LogP contribution < -0.4 is 0 Å². The molecule has 3 nitrogen and oxygen atoms in total. The molecule has 2 N–H and O–H groups in total. The standard InChI is InChI=1S/C17H19NO2/c1-18-10-9-13-5-2-3-8-16(13)17(20,12-18)14-6-4-7-15(19)11-14/h2-8,11,19-20H,9-10,12H2,1H3. The summed E-state index contributed by atoms with van der Waals surface area (Å²) in [5.74, 6) is 0.181. The first-order valence-corrected chi connectivity index (χ1v) is 6.88. The summed E-state index contributed by atoms with van der Waals surface area (Å²) in [6.07, 6.45) is 0.924. The van der Waals surface area contributed by atoms with Gasteiger partial charge in [0.1, 0.15) is 11.4 Å². The van der Waals surface area contributed by atoms with Crippen molar-refractivity contribution in [3.05, 3.63) is 65.2 Å². The van der Waals surface area contributed by atoms with Crippen LogP contribution in [-0.4, -0.2) is 35.3 Å². The number of fused-ring (bicyclic) bond motifs is 1. The number of phenolic OH excluding ortho intramolecular Hbond substituents is 1. The van der Waals surface area contributed by atoms with Crippen LogP contribution in [-0.2, 0) is 12.0 Å². The highest BCUT2D eigenvalue weighted by molar-refractivity contribution is 5.44. The zero-order chi connectivity index (χ0) is 14.2. The Bertz CT molecular complexity index is 626. The van der Waals surface area contributed by atoms with Crippen LogP contribution in [0.1, 0.15) is 16.7 Å². The highest BCUT2D eigenvalue weighted by Crippen LogP contribution is 2.36. The van der Waals surface area contributed by atoms with Gasteiger partial charge >= 0.3 is 0 Å². The number of aromatic hydroxyl groups is 1. The first kappa shape index (κ1) is 13.2. The van der Waals surface area contributed by atoms with Gasteiger partial charge in [-0.25, -0.2) is 0 Å². The lowest BCUT2D eigenvalue weighted by molar-refractivity contribution is 0.0490. The summed E-state index contributed by atoms with van der Waals surface area (Å²) < 4.78 is 0. The predicted octanol–water partition coefficient (Wildman–Crippen LogP) is 2.12. The van der Waals surface area contributed by atoms with Gasteiger partial charge in [-0.15, -0.1) is 0 Å². The van der Waals surface area contributed by atoms with Crippen LogP contribution in [0, 0.1) is 0 Å². The molecule has 3 heteroatoms. The number of hydrogen-bond donors (Lipinski definition) is 2. The number of phenols is 1. The SMILES string of the molecule is CN1CCc2ccccc2C(O)(c2cccc(O)c2)C1. The zero-order valence-electron chi connectivity index (χ0n) is 11.6. The highest BCUT2D eigenvalue weighted by Gasteiger charge is 2.36. The quantitative estimate of drug-likeness (QED) is 0.833. The molecule has 0 fully saturated rings. The van der Waals surface area contributed by atoms with Crippen molar-refractivity contribution < 1.29 is 10.2 Å². The fourth-order valence-corrected chi connectivity index (χ4v) is 3.02. The summed E-state index contributed by atoms with van der Waals surface area (Å²) >= 11 is 0. The second kappa shape index (κ2) is 4.93. The predicted molar refractivity (Wildman–Crippen MR) is 78.7 cm³/mol. The molecule has 1 heterocycles. The Labute approximate surface area is 119 Å². The number of benzene rings is 2. The Hall–Kier alpha value is -1.84. The summed E-state index contributed by atoms with van der Waals surface area (Å²) in [6.45, 7) is 1.44. The molecular formula is C17H19NO2. The Kier molecular flexibility index (Phi) is 3.24. The van der Waals surface area contributed by atoms with Crippen LogP contribution in [0.2, 0.25) is 0 Å². The van der Waals surface area contributed by atoms with Gasteiger partial charge in [-0.05, 0) is 42.3 Å². The van der Waals surface area contributed by atoms with E-state index in [0.29, 0.717) is 6.54 Å². The van der Waals surface area contributed by atoms with Gasteiger partial charge < -0.3 is 15.1 Å². The third-order valence-electron chi connectivity index (χ3n) is 4.05. The molecule has 2 aromatic rings. The average Bonchev–Trinajstić information content (AvgIpc) is 2.57. The monoisotopic (exact) mass is 269 g/mol. The van der Waals surface area contributed by atoms with Gasteiger partial charge in [0.2, 0.25) is 0 Å². The van der Waals surface area contributed by atoms with E-state index >= 15 is 0 Å². The molecule has 1 atom stereocenters. The number of rotatable bonds is 1. The van der Waals surface area contributed by atoms with Crippen molar-refractivity contribution in [2.45, 2.75) is 12.0 Å². The van der Waals surface area contributed by atoms with Crippen LogP contribution in [0.5, 0.6) is 5.75 Å². The number of aliphatic hydroxyl groups is 1. The lowest BCUT2D eigenvalue weighted by Crippen LogP contribution is -2.39. The number of nitrogens with zero attached hydrogens (tertiary/aromatic N) is 1. The Morgan fingerprint density at radius 3 is 2.70 bits per heavy atom. The molecular weight excluding hydrogens is 250 g/mol. The van der Waals surface area contributed by atoms with Gasteiger partial charge in [-0.2, -0.15) is 0 Å². The van der Waals surface area contributed by atoms with Gasteiger partial charge in [-0.1, -0.05) is 36.4 Å². The van der Waals surface area contributed by atoms with Crippen molar-refractivity contribution in [3.63, 3.8) is 0 Å². The van der Waals surface area contributed by atoms with Crippen LogP contribution in [0.25, 0.3) is 0 Å². The van der Waals surface area contributed by atoms with E-state index in [1.165, 1.54) is 5.56 Å². The molecule has 0 saturated carbocycles. The minimum Gasteiger partial charge on any atom is -0.508 e. The largest absolute Gasteiger partial charge is 0.508 e. The second-order valence-corrected chi connectivity index (χ2v) is 5.56. The van der Waals surface area contributed by atoms with Crippen molar-refractivity contribution >= 4 is 0 Å². The molecule has 0 radical (unpaired) electrons. The summed E-state index contributed by atoms with van der Waals surface area (Å²) in [4.78, 5) is 2.13. The minimum absolute atomic E-state index is 0.181. The van der Waals surface area contributed by atoms with E-state index in [2.05, 4.69) is 11.0 Å². The van der Waals surface area contributed by atoms with Crippen molar-refractivity contribution in [1.82, 2.24) is 4.90 Å². The molecule has 3 rings (SSSR count). The summed E-state index contributed by atoms with van der Waals surface area (Å²) in [5.41, 5.74) is 1.76. The number of β-amino-alcohol motifs (C(OH)–C–C–N with tert-alkyl or cyclic N) is 1. The Balaban J connectivity index is 2.18. The lowest BCUT2D eigenvalue weighted by Gasteiger charge is -2.32. The van der Waals surface area contributed by atoms with E-state index in [9.17, 15) is 10.2 Å². The molecule has 104 valence electrons. The van der Waals surface area contributed by atoms with E-state index < -0.39 is 5.60 Å². The smallest absolute Gasteiger partial charge is 0.128 e. The Morgan fingerprint density at radius 2 is 1.90 bits per heavy atom. The van der Waals surface area contributed by atoms with Crippen LogP contribution in [0.15, 0.2) is 48.5 Å². The lowest BCUT2D eigenvalue weighted by atomic mass is 9.83. The van der Waals surface area contributed by atoms with E-state index in [-0.39, 0.29) is 5.75 Å². The third kappa shape index (κ3) is 2.19. The van der Waals surface area contributed by atoms with E-state index in [4.69, 9.17) is 0 Å². The molecule has 0 amide bonds. The van der Waals surface area contributed by atoms with Gasteiger partial charge in [0, 0.05) is 13.1 Å². The van der Waals surface area contributed by atoms with Gasteiger partial charge in [0.05, 0.1) is 0 Å². The number of likely N-dealkylation sites (N-methyl/N-ethyl adjacent to an activating group) is 1. The minimum atomic E-state index is -1.08. The molecule has 20 heavy (non-hydrogen) atoms. The van der Waals surface area contributed by atoms with Crippen molar-refractivity contribution in [1.29, 1.82) is 0 Å². The second-order valence-electron chi connectivity index (χ2n) is 5.56. The van der Waals surface area contributed by atoms with Gasteiger partial charge in [0.25, 0.3) is 0 Å². The zero-order valence-corrected chi connectivity index (χ0v) is 11.6. The van der Waals surface area contributed by atoms with E-state index in [0.717, 1.165) is 24.1 Å². The molecule has 2 aromatic carbocycles. The van der Waals surface area contributed by atoms with Gasteiger partial charge in [0.15, 0.2) is 0 Å². The molecule has 0 saturated heterocycles. The van der Waals surface area contributed by atoms with Crippen molar-refractivity contribution in [3.8, 4) is 5.75 Å². The van der Waals surface area contributed by atoms with Crippen molar-refractivity contribution in [2.24, 2.45) is 0 Å². The maximum absolute atomic E-state index is 11.3. The molecule has 1 aliphatic rings. The van der Waals surface area contributed by atoms with Crippen LogP contribution in [0.4, 0.5) is 0 Å². The number of hydrogen-bond acceptors (Lipinski definition) is 3. The van der Waals surface area contributed by atoms with E-state index in [1.807, 2.05) is 31.3 Å². The summed E-state index contributed by atoms with van der Waals surface area (Å²) in [6, 6.07) is 14.9. The molecule has 1 aliphatic heterocycles. The maximum Gasteiger partial charge on any atom is 0.128 e. The Morgan fingerprint density at radius 1 is 1.10 bits per heavy atom. The molecule has 0 spiro atoms. The topological polar surface area (TPSA) is 43.7 Å². The summed E-state index contributed by atoms with van der Waals surface area (Å²) in [5, 5.41) is 21.0. The first-order valence-electron chi connectivity index (χ1n) is 6.88.